The van der Waals surface area contributed by atoms with Crippen LogP contribution >= 0.6 is 0 Å². The number of allylic oxidation sites excluding steroid dienone is 1. The predicted octanol–water partition coefficient (Wildman–Crippen LogP) is 9.15. The molecule has 0 saturated heterocycles. The number of carbonyl (C=O) groups is 1. The quantitative estimate of drug-likeness (QED) is 0.0707. The summed E-state index contributed by atoms with van der Waals surface area (Å²) in [5.74, 6) is 0.480. The molecule has 1 aliphatic heterocycles. The summed E-state index contributed by atoms with van der Waals surface area (Å²) in [5.41, 5.74) is 2.77. The second-order valence-corrected chi connectivity index (χ2v) is 14.7. The molecule has 1 heterocycles. The largest absolute Gasteiger partial charge is 0.459 e. The number of oxime groups is 1. The maximum Gasteiger partial charge on any atom is 0.410 e. The molecule has 0 spiro atoms. The summed E-state index contributed by atoms with van der Waals surface area (Å²) in [7, 11) is 0. The second-order valence-electron chi connectivity index (χ2n) is 14.7. The Morgan fingerprint density at radius 1 is 0.964 bits per heavy atom. The van der Waals surface area contributed by atoms with Crippen LogP contribution in [0.15, 0.2) is 90.1 Å². The van der Waals surface area contributed by atoms with Gasteiger partial charge in [0.2, 0.25) is 5.79 Å². The second kappa shape index (κ2) is 19.0. The van der Waals surface area contributed by atoms with Gasteiger partial charge in [0.15, 0.2) is 0 Å². The molecule has 6 atom stereocenters. The van der Waals surface area contributed by atoms with Crippen LogP contribution in [0.2, 0.25) is 0 Å². The molecule has 55 heavy (non-hydrogen) atoms. The Kier molecular flexibility index (Phi) is 13.9. The molecule has 0 unspecified atom stereocenters. The summed E-state index contributed by atoms with van der Waals surface area (Å²) < 4.78 is 26.5. The van der Waals surface area contributed by atoms with Gasteiger partial charge in [-0.2, -0.15) is 0 Å². The topological polar surface area (TPSA) is 119 Å². The van der Waals surface area contributed by atoms with E-state index >= 15 is 0 Å². The lowest BCUT2D eigenvalue weighted by molar-refractivity contribution is -0.255. The van der Waals surface area contributed by atoms with Crippen molar-refractivity contribution in [3.63, 3.8) is 0 Å². The summed E-state index contributed by atoms with van der Waals surface area (Å²) in [6.07, 6.45) is 9.49. The number of amides is 1. The zero-order chi connectivity index (χ0) is 38.8. The lowest BCUT2D eigenvalue weighted by Crippen LogP contribution is -2.70. The van der Waals surface area contributed by atoms with E-state index in [1.54, 1.807) is 11.0 Å². The van der Waals surface area contributed by atoms with Crippen LogP contribution < -0.4 is 9.47 Å². The smallest absolute Gasteiger partial charge is 0.410 e. The Morgan fingerprint density at radius 3 is 2.44 bits per heavy atom. The van der Waals surface area contributed by atoms with Crippen LogP contribution in [0.5, 0.6) is 17.2 Å². The summed E-state index contributed by atoms with van der Waals surface area (Å²) in [6.45, 7) is 11.3. The van der Waals surface area contributed by atoms with Gasteiger partial charge in [0, 0.05) is 37.7 Å². The number of carbonyl (C=O) groups excluding carboxylic acids is 1. The lowest BCUT2D eigenvalue weighted by Gasteiger charge is -2.59. The molecule has 3 aliphatic rings. The SMILES string of the molecule is C=CCO[C@@]12Oc3ccc(Oc4ccc5ccccc5c4)cc3[C@H]3[C@H](CCCCO)[C@@H](CCCCO)C=C(C(=NOCC)C[C@@H]1N(CCC)C(=O)OCC)[C@H]32. The van der Waals surface area contributed by atoms with Gasteiger partial charge in [-0.15, -0.1) is 6.58 Å². The van der Waals surface area contributed by atoms with E-state index in [0.717, 1.165) is 59.1 Å². The van der Waals surface area contributed by atoms with Gasteiger partial charge in [-0.1, -0.05) is 67.4 Å². The van der Waals surface area contributed by atoms with Crippen LogP contribution in [0.4, 0.5) is 4.79 Å². The number of benzene rings is 3. The summed E-state index contributed by atoms with van der Waals surface area (Å²) in [6, 6.07) is 19.7. The van der Waals surface area contributed by atoms with Crippen molar-refractivity contribution in [1.29, 1.82) is 0 Å². The first-order valence-corrected chi connectivity index (χ1v) is 20.2. The molecule has 10 heteroatoms. The van der Waals surface area contributed by atoms with Crippen molar-refractivity contribution in [3.05, 3.63) is 90.5 Å². The van der Waals surface area contributed by atoms with Gasteiger partial charge in [0.1, 0.15) is 29.9 Å². The Balaban J connectivity index is 1.57. The maximum absolute atomic E-state index is 13.9. The number of rotatable bonds is 19. The number of ether oxygens (including phenoxy) is 4. The molecule has 0 radical (unpaired) electrons. The maximum atomic E-state index is 13.9. The van der Waals surface area contributed by atoms with Crippen molar-refractivity contribution >= 4 is 22.6 Å². The molecule has 1 fully saturated rings. The van der Waals surface area contributed by atoms with Gasteiger partial charge < -0.3 is 34.0 Å². The monoisotopic (exact) mass is 754 g/mol. The fraction of sp³-hybridized carbons (Fsp3) is 0.511. The van der Waals surface area contributed by atoms with E-state index in [0.29, 0.717) is 50.3 Å². The van der Waals surface area contributed by atoms with Gasteiger partial charge >= 0.3 is 6.09 Å². The predicted molar refractivity (Wildman–Crippen MR) is 215 cm³/mol. The summed E-state index contributed by atoms with van der Waals surface area (Å²) >= 11 is 0. The van der Waals surface area contributed by atoms with Crippen LogP contribution in [0.3, 0.4) is 0 Å². The minimum Gasteiger partial charge on any atom is -0.459 e. The first-order valence-electron chi connectivity index (χ1n) is 20.2. The number of unbranched alkanes of at least 4 members (excludes halogenated alkanes) is 2. The Bertz CT molecular complexity index is 1830. The van der Waals surface area contributed by atoms with Gasteiger partial charge in [0.25, 0.3) is 0 Å². The zero-order valence-electron chi connectivity index (χ0n) is 32.7. The number of aliphatic hydroxyl groups is 2. The van der Waals surface area contributed by atoms with Crippen LogP contribution in [0, 0.1) is 17.8 Å². The first-order chi connectivity index (χ1) is 26.9. The fourth-order valence-electron chi connectivity index (χ4n) is 9.04. The van der Waals surface area contributed by atoms with E-state index in [-0.39, 0.29) is 44.2 Å². The van der Waals surface area contributed by atoms with Crippen molar-refractivity contribution < 1.29 is 38.8 Å². The van der Waals surface area contributed by atoms with E-state index in [9.17, 15) is 15.0 Å². The van der Waals surface area contributed by atoms with E-state index in [4.69, 9.17) is 28.9 Å². The molecule has 1 saturated carbocycles. The highest BCUT2D eigenvalue weighted by Gasteiger charge is 2.65. The van der Waals surface area contributed by atoms with Gasteiger partial charge in [0.05, 0.1) is 24.8 Å². The third-order valence-electron chi connectivity index (χ3n) is 11.2. The molecule has 10 nitrogen and oxygen atoms in total. The van der Waals surface area contributed by atoms with E-state index in [1.165, 1.54) is 0 Å². The molecular weight excluding hydrogens is 697 g/mol. The van der Waals surface area contributed by atoms with Crippen LogP contribution in [0.25, 0.3) is 10.8 Å². The Hall–Kier alpha value is -4.38. The molecule has 0 bridgehead atoms. The van der Waals surface area contributed by atoms with Gasteiger partial charge in [-0.05, 0) is 104 Å². The van der Waals surface area contributed by atoms with Crippen molar-refractivity contribution in [2.45, 2.75) is 89.9 Å². The molecule has 1 amide bonds. The Labute approximate surface area is 325 Å². The molecule has 3 aromatic rings. The van der Waals surface area contributed by atoms with E-state index in [2.05, 4.69) is 43.0 Å². The molecule has 2 aliphatic carbocycles. The minimum absolute atomic E-state index is 0.110. The molecule has 6 rings (SSSR count). The molecular formula is C45H58N2O8. The summed E-state index contributed by atoms with van der Waals surface area (Å²) in [4.78, 5) is 21.5. The Morgan fingerprint density at radius 2 is 1.71 bits per heavy atom. The number of fused-ring (bicyclic) bond motifs is 3. The highest BCUT2D eigenvalue weighted by molar-refractivity contribution is 6.03. The van der Waals surface area contributed by atoms with Crippen molar-refractivity contribution in [3.8, 4) is 17.2 Å². The fourth-order valence-corrected chi connectivity index (χ4v) is 9.04. The van der Waals surface area contributed by atoms with E-state index < -0.39 is 23.8 Å². The highest BCUT2D eigenvalue weighted by atomic mass is 16.7. The normalized spacial score (nSPS) is 24.6. The summed E-state index contributed by atoms with van der Waals surface area (Å²) in [5, 5.41) is 26.7. The number of hydrogen-bond acceptors (Lipinski definition) is 9. The van der Waals surface area contributed by atoms with Crippen molar-refractivity contribution in [2.75, 3.05) is 39.6 Å². The third kappa shape index (κ3) is 8.56. The number of hydrogen-bond donors (Lipinski definition) is 2. The minimum atomic E-state index is -1.32. The molecule has 2 N–H and O–H groups in total. The van der Waals surface area contributed by atoms with Crippen LogP contribution in [0.1, 0.15) is 83.6 Å². The third-order valence-corrected chi connectivity index (χ3v) is 11.2. The zero-order valence-corrected chi connectivity index (χ0v) is 32.7. The average Bonchev–Trinajstić information content (AvgIpc) is 3.20. The molecule has 3 aromatic carbocycles. The average molecular weight is 755 g/mol. The van der Waals surface area contributed by atoms with Crippen LogP contribution in [-0.2, 0) is 14.3 Å². The van der Waals surface area contributed by atoms with Gasteiger partial charge in [-0.3, -0.25) is 4.90 Å². The van der Waals surface area contributed by atoms with Crippen molar-refractivity contribution in [2.24, 2.45) is 22.9 Å². The van der Waals surface area contributed by atoms with Crippen molar-refractivity contribution in [1.82, 2.24) is 4.90 Å². The van der Waals surface area contributed by atoms with E-state index in [1.807, 2.05) is 51.1 Å². The van der Waals surface area contributed by atoms with Gasteiger partial charge in [-0.25, -0.2) is 4.79 Å². The lowest BCUT2D eigenvalue weighted by atomic mass is 9.55. The number of aliphatic hydroxyl groups excluding tert-OH is 2. The highest BCUT2D eigenvalue weighted by Crippen LogP contribution is 2.62. The number of nitrogens with zero attached hydrogens (tertiary/aromatic N) is 2. The molecule has 0 aromatic heterocycles. The first kappa shape index (κ1) is 40.3. The molecule has 296 valence electrons. The standard InChI is InChI=1S/C45H58N2O8/c1-5-23-47(44(50)51-7-3)41-30-39(46-53-8-4)37-28-33(17-11-13-24-48)36(18-12-14-25-49)42-38-29-35(54-34-20-19-31-15-9-10-16-32(31)27-34)21-22-40(38)55-45(41,43(37)42)52-26-6-2/h6,9-10,15-16,19-22,27-29,33,36,41-43,48-49H,2,5,7-8,11-14,17-18,23-26,30H2,1,3-4H3/t33-,36+,41-,42+,43+,45+/m0/s1. The van der Waals surface area contributed by atoms with Crippen LogP contribution in [-0.4, -0.2) is 78.3 Å².